The summed E-state index contributed by atoms with van der Waals surface area (Å²) in [5.74, 6) is -13.6. The van der Waals surface area contributed by atoms with E-state index in [4.69, 9.17) is 33.1 Å². The molecule has 0 aromatic carbocycles. The van der Waals surface area contributed by atoms with Crippen molar-refractivity contribution >= 4 is 89.2 Å². The third-order valence-electron chi connectivity index (χ3n) is 12.7. The monoisotopic (exact) mass is 1230 g/mol. The molecule has 86 heavy (non-hydrogen) atoms. The van der Waals surface area contributed by atoms with Crippen LogP contribution in [0.5, 0.6) is 0 Å². The van der Waals surface area contributed by atoms with E-state index in [0.29, 0.717) is 6.29 Å². The molecule has 10 atom stereocenters. The first-order valence-electron chi connectivity index (χ1n) is 28.7. The Hall–Kier alpha value is -8.03. The fourth-order valence-electron chi connectivity index (χ4n) is 8.20. The van der Waals surface area contributed by atoms with Gasteiger partial charge in [0.2, 0.25) is 65.0 Å². The van der Waals surface area contributed by atoms with Gasteiger partial charge < -0.3 is 96.2 Å². The topological polar surface area (TPSA) is 536 Å². The third-order valence-corrected chi connectivity index (χ3v) is 12.7. The number of rotatable bonds is 44. The molecule has 0 aromatic heterocycles. The van der Waals surface area contributed by atoms with Crippen LogP contribution in [-0.4, -0.2) is 185 Å². The molecule has 0 unspecified atom stereocenters. The van der Waals surface area contributed by atoms with Crippen molar-refractivity contribution in [1.82, 2.24) is 53.2 Å². The summed E-state index contributed by atoms with van der Waals surface area (Å²) in [6.07, 6.45) is -2.99. The third kappa shape index (κ3) is 34.1. The molecule has 0 rings (SSSR count). The molecule has 0 aliphatic carbocycles. The molecule has 0 aromatic rings. The van der Waals surface area contributed by atoms with E-state index < -0.39 is 169 Å². The summed E-state index contributed by atoms with van der Waals surface area (Å²) in [6.45, 7) is 14.2. The highest BCUT2D eigenvalue weighted by Gasteiger charge is 2.36. The van der Waals surface area contributed by atoms with Crippen LogP contribution < -0.4 is 76.1 Å². The SMILES string of the molecule is CC(C)C[C@H](NC(=O)[C@H](CC(C)C)NC(=O)[C@H](CCCCNC(=O)CCC(=O)O)NC(=O)[C@H](CC(N)=O)NC(=O)[C@H](CC(C)C)NC(=O)[C@@H](N)CCC(=O)O)C(=O)NCC(=O)N[C@@H](CCCN=C(N)N)C(=O)N[C@H](C(=O)N[C@H](C=O)[C@@H](C)O)C(C)C. The zero-order valence-corrected chi connectivity index (χ0v) is 50.8. The molecule has 0 heterocycles. The maximum atomic E-state index is 14.4. The fourth-order valence-corrected chi connectivity index (χ4v) is 8.20. The quantitative estimate of drug-likeness (QED) is 0.0119. The lowest BCUT2D eigenvalue weighted by Gasteiger charge is -2.28. The normalized spacial score (nSPS) is 14.6. The molecule has 0 bridgehead atoms. The molecule has 0 aliphatic rings. The predicted molar refractivity (Wildman–Crippen MR) is 312 cm³/mol. The second kappa shape index (κ2) is 41.1. The Morgan fingerprint density at radius 2 is 0.930 bits per heavy atom. The van der Waals surface area contributed by atoms with E-state index in [1.54, 1.807) is 55.4 Å². The summed E-state index contributed by atoms with van der Waals surface area (Å²) >= 11 is 0. The second-order valence-corrected chi connectivity index (χ2v) is 22.6. The molecule has 32 heteroatoms. The first-order valence-corrected chi connectivity index (χ1v) is 28.7. The number of hydrogen-bond donors (Lipinski definition) is 17. The van der Waals surface area contributed by atoms with Gasteiger partial charge in [-0.15, -0.1) is 0 Å². The van der Waals surface area contributed by atoms with E-state index in [1.807, 2.05) is 0 Å². The number of nitrogens with zero attached hydrogens (tertiary/aromatic N) is 1. The van der Waals surface area contributed by atoms with E-state index >= 15 is 0 Å². The molecule has 0 saturated carbocycles. The van der Waals surface area contributed by atoms with Gasteiger partial charge in [0.25, 0.3) is 0 Å². The highest BCUT2D eigenvalue weighted by molar-refractivity contribution is 5.99. The van der Waals surface area contributed by atoms with Crippen molar-refractivity contribution in [3.63, 3.8) is 0 Å². The number of aliphatic carboxylic acids is 2. The summed E-state index contributed by atoms with van der Waals surface area (Å²) < 4.78 is 0. The smallest absolute Gasteiger partial charge is 0.303 e. The number of aldehydes is 1. The number of nitrogens with two attached hydrogens (primary N) is 4. The maximum Gasteiger partial charge on any atom is 0.303 e. The molecule has 488 valence electrons. The summed E-state index contributed by atoms with van der Waals surface area (Å²) in [5.41, 5.74) is 22.3. The number of carboxylic acids is 2. The Morgan fingerprint density at radius 1 is 0.477 bits per heavy atom. The minimum atomic E-state index is -1.75. The van der Waals surface area contributed by atoms with Gasteiger partial charge in [0.15, 0.2) is 5.96 Å². The summed E-state index contributed by atoms with van der Waals surface area (Å²) in [6, 6.07) is -12.5. The Morgan fingerprint density at radius 3 is 1.41 bits per heavy atom. The summed E-state index contributed by atoms with van der Waals surface area (Å²) in [4.78, 5) is 186. The zero-order valence-electron chi connectivity index (χ0n) is 50.8. The number of aliphatic hydroxyl groups excluding tert-OH is 1. The van der Waals surface area contributed by atoms with Crippen LogP contribution in [-0.2, 0) is 67.1 Å². The fraction of sp³-hybridized carbons (Fsp3) is 0.722. The van der Waals surface area contributed by atoms with Crippen LogP contribution >= 0.6 is 0 Å². The summed E-state index contributed by atoms with van der Waals surface area (Å²) in [5, 5.41) is 53.0. The van der Waals surface area contributed by atoms with E-state index in [2.05, 4.69) is 58.2 Å². The van der Waals surface area contributed by atoms with Crippen LogP contribution in [0.25, 0.3) is 0 Å². The predicted octanol–water partition coefficient (Wildman–Crippen LogP) is -4.37. The average molecular weight is 1230 g/mol. The lowest BCUT2D eigenvalue weighted by molar-refractivity contribution is -0.139. The van der Waals surface area contributed by atoms with Crippen LogP contribution in [0.4, 0.5) is 0 Å². The molecule has 0 radical (unpaired) electrons. The van der Waals surface area contributed by atoms with Crippen molar-refractivity contribution in [3.8, 4) is 0 Å². The highest BCUT2D eigenvalue weighted by atomic mass is 16.4. The molecular formula is C54H95N15O17. The number of carbonyl (C=O) groups is 14. The zero-order chi connectivity index (χ0) is 66.0. The van der Waals surface area contributed by atoms with Crippen LogP contribution in [0.3, 0.4) is 0 Å². The number of guanidine groups is 1. The number of primary amides is 1. The van der Waals surface area contributed by atoms with Gasteiger partial charge in [0.05, 0.1) is 31.5 Å². The van der Waals surface area contributed by atoms with Crippen LogP contribution in [0.15, 0.2) is 4.99 Å². The van der Waals surface area contributed by atoms with Gasteiger partial charge in [-0.05, 0) is 88.4 Å². The molecule has 0 spiro atoms. The van der Waals surface area contributed by atoms with E-state index in [1.165, 1.54) is 6.92 Å². The first-order chi connectivity index (χ1) is 40.1. The number of unbranched alkanes of at least 4 members (excludes halogenated alkanes) is 1. The van der Waals surface area contributed by atoms with Crippen molar-refractivity contribution in [2.75, 3.05) is 19.6 Å². The van der Waals surface area contributed by atoms with Crippen molar-refractivity contribution in [2.45, 2.75) is 206 Å². The van der Waals surface area contributed by atoms with Gasteiger partial charge in [-0.25, -0.2) is 0 Å². The van der Waals surface area contributed by atoms with Crippen LogP contribution in [0.1, 0.15) is 146 Å². The van der Waals surface area contributed by atoms with Gasteiger partial charge in [0, 0.05) is 25.9 Å². The summed E-state index contributed by atoms with van der Waals surface area (Å²) in [7, 11) is 0. The lowest BCUT2D eigenvalue weighted by atomic mass is 9.99. The van der Waals surface area contributed by atoms with Gasteiger partial charge in [-0.2, -0.15) is 0 Å². The Labute approximate surface area is 500 Å². The maximum absolute atomic E-state index is 14.4. The lowest BCUT2D eigenvalue weighted by Crippen LogP contribution is -2.60. The molecule has 0 aliphatic heterocycles. The van der Waals surface area contributed by atoms with Crippen LogP contribution in [0.2, 0.25) is 0 Å². The van der Waals surface area contributed by atoms with E-state index in [-0.39, 0.29) is 101 Å². The number of carboxylic acid groups (broad SMARTS) is 2. The standard InChI is InChI=1S/C54H95N15O17/c1-27(2)21-35(47(80)61-25-42(74)62-33(14-12-20-60-54(57)58)49(82)69-45(30(7)8)53(86)68-39(26-70)31(9)71)65-51(84)37(23-29(5)6)66-48(81)34(13-10-11-19-59-41(73)16-18-44(77)78)63-52(85)38(24-40(56)72)67-50(83)36(22-28(3)4)64-46(79)32(55)15-17-43(75)76/h26-39,45,71H,10-25,55H2,1-9H3,(H2,56,72)(H,59,73)(H,61,80)(H,62,74)(H,63,85)(H,64,79)(H,65,84)(H,66,81)(H,67,83)(H,68,86)(H,69,82)(H,75,76)(H,77,78)(H4,57,58,60)/t31-,32+,33+,34+,35+,36+,37+,38+,39-,45+/m1/s1. The average Bonchev–Trinajstić information content (AvgIpc) is 3.15. The second-order valence-electron chi connectivity index (χ2n) is 22.6. The minimum Gasteiger partial charge on any atom is -0.481 e. The first kappa shape index (κ1) is 78.0. The molecule has 32 nitrogen and oxygen atoms in total. The van der Waals surface area contributed by atoms with Gasteiger partial charge in [-0.1, -0.05) is 55.4 Å². The number of hydrogen-bond acceptors (Lipinski definition) is 17. The number of nitrogens with one attached hydrogen (secondary N) is 10. The van der Waals surface area contributed by atoms with E-state index in [0.717, 1.165) is 0 Å². The molecule has 0 saturated heterocycles. The van der Waals surface area contributed by atoms with Crippen molar-refractivity contribution in [3.05, 3.63) is 0 Å². The molecule has 0 fully saturated rings. The Bertz CT molecular complexity index is 2330. The molecular weight excluding hydrogens is 1130 g/mol. The number of aliphatic imine (C=N–C) groups is 1. The highest BCUT2D eigenvalue weighted by Crippen LogP contribution is 2.13. The Balaban J connectivity index is 6.83. The van der Waals surface area contributed by atoms with E-state index in [9.17, 15) is 72.2 Å². The van der Waals surface area contributed by atoms with Crippen molar-refractivity contribution < 1.29 is 82.4 Å². The van der Waals surface area contributed by atoms with Crippen LogP contribution in [0, 0.1) is 23.7 Å². The number of aliphatic hydroxyl groups is 1. The molecule has 21 N–H and O–H groups in total. The minimum absolute atomic E-state index is 0.00695. The van der Waals surface area contributed by atoms with Crippen molar-refractivity contribution in [1.29, 1.82) is 0 Å². The van der Waals surface area contributed by atoms with Gasteiger partial charge >= 0.3 is 11.9 Å². The van der Waals surface area contributed by atoms with Crippen molar-refractivity contribution in [2.24, 2.45) is 51.6 Å². The largest absolute Gasteiger partial charge is 0.481 e. The molecule has 11 amide bonds. The van der Waals surface area contributed by atoms with Gasteiger partial charge in [-0.3, -0.25) is 67.3 Å². The Kier molecular flexibility index (Phi) is 37.3. The number of amides is 11. The van der Waals surface area contributed by atoms with Gasteiger partial charge in [0.1, 0.15) is 54.6 Å². The number of carbonyl (C=O) groups excluding carboxylic acids is 12.